The Morgan fingerprint density at radius 3 is 2.49 bits per heavy atom. The molecule has 6 amide bonds. The third-order valence-corrected chi connectivity index (χ3v) is 8.47. The highest BCUT2D eigenvalue weighted by Crippen LogP contribution is 2.43. The van der Waals surface area contributed by atoms with Crippen LogP contribution in [-0.2, 0) is 34.5 Å². The van der Waals surface area contributed by atoms with Gasteiger partial charge in [-0.05, 0) is 91.0 Å². The number of amides is 6. The minimum absolute atomic E-state index is 0.102. The maximum Gasteiger partial charge on any atom is 0.325 e. The van der Waals surface area contributed by atoms with E-state index in [9.17, 15) is 28.0 Å². The first kappa shape index (κ1) is 25.3. The SMILES string of the molecule is CNC(=O)Nc1ccc2c(c1)CCC21NC(=O)N(CC(=O)N2Cc3cc(F)c(F)cc3CC[C@H]2C2CC2)C1=O. The molecule has 2 aromatic carbocycles. The van der Waals surface area contributed by atoms with E-state index in [1.165, 1.54) is 13.1 Å². The van der Waals surface area contributed by atoms with Gasteiger partial charge in [0.1, 0.15) is 12.1 Å². The van der Waals surface area contributed by atoms with E-state index in [4.69, 9.17) is 0 Å². The standard InChI is InChI=1S/C28H29F2N5O4/c1-31-26(38)32-19-5-6-20-17(10-19)8-9-28(20)25(37)35(27(39)33-28)14-24(36)34-13-18-12-22(30)21(29)11-16(18)4-7-23(34)15-2-3-15/h5-6,10-12,15,23H,2-4,7-9,13-14H2,1H3,(H,33,39)(H2,31,32,38)/t23-,28?/m0/s1. The zero-order valence-electron chi connectivity index (χ0n) is 21.5. The molecule has 3 N–H and O–H groups in total. The van der Waals surface area contributed by atoms with Gasteiger partial charge in [0.15, 0.2) is 11.6 Å². The van der Waals surface area contributed by atoms with Gasteiger partial charge in [0.2, 0.25) is 5.91 Å². The van der Waals surface area contributed by atoms with Crippen molar-refractivity contribution in [1.82, 2.24) is 20.4 Å². The second-order valence-corrected chi connectivity index (χ2v) is 10.8. The molecule has 1 spiro atoms. The molecule has 6 rings (SSSR count). The van der Waals surface area contributed by atoms with Gasteiger partial charge in [0.05, 0.1) is 0 Å². The molecule has 2 aromatic rings. The van der Waals surface area contributed by atoms with Crippen molar-refractivity contribution in [3.63, 3.8) is 0 Å². The van der Waals surface area contributed by atoms with Crippen molar-refractivity contribution in [2.24, 2.45) is 5.92 Å². The zero-order chi connectivity index (χ0) is 27.5. The number of carbonyl (C=O) groups is 4. The molecule has 1 unspecified atom stereocenters. The fourth-order valence-corrected chi connectivity index (χ4v) is 6.31. The van der Waals surface area contributed by atoms with E-state index in [1.54, 1.807) is 23.1 Å². The van der Waals surface area contributed by atoms with E-state index in [0.717, 1.165) is 29.4 Å². The Morgan fingerprint density at radius 1 is 1.03 bits per heavy atom. The number of hydrogen-bond donors (Lipinski definition) is 3. The summed E-state index contributed by atoms with van der Waals surface area (Å²) in [7, 11) is 1.51. The first-order valence-corrected chi connectivity index (χ1v) is 13.2. The molecule has 4 aliphatic rings. The van der Waals surface area contributed by atoms with Crippen LogP contribution in [0.5, 0.6) is 0 Å². The van der Waals surface area contributed by atoms with Crippen molar-refractivity contribution in [2.75, 3.05) is 18.9 Å². The Bertz CT molecular complexity index is 1410. The number of nitrogens with zero attached hydrogens (tertiary/aromatic N) is 2. The molecule has 11 heteroatoms. The van der Waals surface area contributed by atoms with Crippen molar-refractivity contribution in [3.05, 3.63) is 64.2 Å². The van der Waals surface area contributed by atoms with E-state index in [0.29, 0.717) is 54.0 Å². The van der Waals surface area contributed by atoms with Gasteiger partial charge >= 0.3 is 12.1 Å². The number of benzene rings is 2. The molecule has 1 saturated heterocycles. The molecule has 2 fully saturated rings. The summed E-state index contributed by atoms with van der Waals surface area (Å²) >= 11 is 0. The van der Waals surface area contributed by atoms with Crippen molar-refractivity contribution in [1.29, 1.82) is 0 Å². The molecule has 0 aromatic heterocycles. The molecule has 2 aliphatic heterocycles. The molecule has 9 nitrogen and oxygen atoms in total. The maximum absolute atomic E-state index is 14.1. The van der Waals surface area contributed by atoms with E-state index in [2.05, 4.69) is 16.0 Å². The average molecular weight is 538 g/mol. The van der Waals surface area contributed by atoms with E-state index in [1.807, 2.05) is 0 Å². The number of fused-ring (bicyclic) bond motifs is 3. The number of carbonyl (C=O) groups excluding carboxylic acids is 4. The predicted molar refractivity (Wildman–Crippen MR) is 137 cm³/mol. The predicted octanol–water partition coefficient (Wildman–Crippen LogP) is 3.16. The second kappa shape index (κ2) is 9.32. The lowest BCUT2D eigenvalue weighted by molar-refractivity contribution is -0.141. The first-order valence-electron chi connectivity index (χ1n) is 13.2. The number of halogens is 2. The molecular weight excluding hydrogens is 508 g/mol. The molecule has 1 saturated carbocycles. The number of imide groups is 1. The van der Waals surface area contributed by atoms with Crippen LogP contribution in [0.2, 0.25) is 0 Å². The summed E-state index contributed by atoms with van der Waals surface area (Å²) in [5.74, 6) is -2.46. The van der Waals surface area contributed by atoms with E-state index in [-0.39, 0.29) is 18.6 Å². The summed E-state index contributed by atoms with van der Waals surface area (Å²) in [6, 6.07) is 6.40. The summed E-state index contributed by atoms with van der Waals surface area (Å²) in [5.41, 5.74) is 2.01. The van der Waals surface area contributed by atoms with Crippen LogP contribution in [-0.4, -0.2) is 53.3 Å². The van der Waals surface area contributed by atoms with Crippen LogP contribution in [0.3, 0.4) is 0 Å². The van der Waals surface area contributed by atoms with Crippen LogP contribution in [0, 0.1) is 17.6 Å². The number of urea groups is 2. The lowest BCUT2D eigenvalue weighted by atomic mass is 9.91. The quantitative estimate of drug-likeness (QED) is 0.521. The third-order valence-electron chi connectivity index (χ3n) is 8.47. The third kappa shape index (κ3) is 4.29. The van der Waals surface area contributed by atoms with Gasteiger partial charge in [-0.15, -0.1) is 0 Å². The molecule has 0 radical (unpaired) electrons. The van der Waals surface area contributed by atoms with Crippen LogP contribution in [0.25, 0.3) is 0 Å². The molecular formula is C28H29F2N5O4. The normalized spacial score (nSPS) is 23.8. The fraction of sp³-hybridized carbons (Fsp3) is 0.429. The van der Waals surface area contributed by atoms with Crippen molar-refractivity contribution in [2.45, 2.75) is 56.7 Å². The highest BCUT2D eigenvalue weighted by Gasteiger charge is 2.56. The Morgan fingerprint density at radius 2 is 1.77 bits per heavy atom. The molecule has 2 aliphatic carbocycles. The van der Waals surface area contributed by atoms with Gasteiger partial charge in [-0.1, -0.05) is 6.07 Å². The highest BCUT2D eigenvalue weighted by atomic mass is 19.2. The summed E-state index contributed by atoms with van der Waals surface area (Å²) in [6.45, 7) is -0.328. The Balaban J connectivity index is 1.23. The minimum Gasteiger partial charge on any atom is -0.341 e. The summed E-state index contributed by atoms with van der Waals surface area (Å²) < 4.78 is 28.0. The lowest BCUT2D eigenvalue weighted by Gasteiger charge is -2.31. The first-order chi connectivity index (χ1) is 18.7. The maximum atomic E-state index is 14.1. The smallest absolute Gasteiger partial charge is 0.325 e. The lowest BCUT2D eigenvalue weighted by Crippen LogP contribution is -2.48. The summed E-state index contributed by atoms with van der Waals surface area (Å²) in [4.78, 5) is 54.7. The molecule has 204 valence electrons. The van der Waals surface area contributed by atoms with Crippen LogP contribution >= 0.6 is 0 Å². The van der Waals surface area contributed by atoms with Crippen LogP contribution in [0.4, 0.5) is 24.1 Å². The van der Waals surface area contributed by atoms with Crippen molar-refractivity contribution < 1.29 is 28.0 Å². The van der Waals surface area contributed by atoms with Gasteiger partial charge in [-0.3, -0.25) is 14.5 Å². The Hall–Kier alpha value is -4.02. The van der Waals surface area contributed by atoms with Gasteiger partial charge in [0, 0.05) is 25.3 Å². The zero-order valence-corrected chi connectivity index (χ0v) is 21.5. The Labute approximate surface area is 223 Å². The topological polar surface area (TPSA) is 111 Å². The molecule has 0 bridgehead atoms. The van der Waals surface area contributed by atoms with Crippen LogP contribution < -0.4 is 16.0 Å². The number of rotatable bonds is 4. The second-order valence-electron chi connectivity index (χ2n) is 10.8. The van der Waals surface area contributed by atoms with Gasteiger partial charge < -0.3 is 20.9 Å². The van der Waals surface area contributed by atoms with Crippen molar-refractivity contribution >= 4 is 29.6 Å². The summed E-state index contributed by atoms with van der Waals surface area (Å²) in [6.07, 6.45) is 3.92. The number of aryl methyl sites for hydroxylation is 2. The van der Waals surface area contributed by atoms with Gasteiger partial charge in [-0.25, -0.2) is 18.4 Å². The van der Waals surface area contributed by atoms with E-state index < -0.39 is 41.6 Å². The number of nitrogens with one attached hydrogen (secondary N) is 3. The van der Waals surface area contributed by atoms with Crippen LogP contribution in [0.15, 0.2) is 30.3 Å². The number of hydrogen-bond acceptors (Lipinski definition) is 4. The summed E-state index contributed by atoms with van der Waals surface area (Å²) in [5, 5.41) is 8.01. The average Bonchev–Trinajstić information content (AvgIpc) is 3.68. The number of anilines is 1. The monoisotopic (exact) mass is 537 g/mol. The minimum atomic E-state index is -1.26. The molecule has 2 heterocycles. The van der Waals surface area contributed by atoms with Crippen LogP contribution in [0.1, 0.15) is 47.9 Å². The highest BCUT2D eigenvalue weighted by molar-refractivity contribution is 6.10. The van der Waals surface area contributed by atoms with Gasteiger partial charge in [-0.2, -0.15) is 0 Å². The van der Waals surface area contributed by atoms with E-state index >= 15 is 0 Å². The molecule has 39 heavy (non-hydrogen) atoms. The largest absolute Gasteiger partial charge is 0.341 e. The molecule has 2 atom stereocenters. The Kier molecular flexibility index (Phi) is 6.04. The van der Waals surface area contributed by atoms with Gasteiger partial charge in [0.25, 0.3) is 5.91 Å². The fourth-order valence-electron chi connectivity index (χ4n) is 6.31. The van der Waals surface area contributed by atoms with Crippen molar-refractivity contribution in [3.8, 4) is 0 Å².